The summed E-state index contributed by atoms with van der Waals surface area (Å²) < 4.78 is 6.91. The lowest BCUT2D eigenvalue weighted by atomic mass is 9.97. The number of hydrogen-bond acceptors (Lipinski definition) is 6. The lowest BCUT2D eigenvalue weighted by Crippen LogP contribution is -2.39. The first-order valence-electron chi connectivity index (χ1n) is 9.05. The molecule has 1 aliphatic heterocycles. The van der Waals surface area contributed by atoms with Gasteiger partial charge in [0.2, 0.25) is 11.8 Å². The number of rotatable bonds is 6. The molecule has 8 heteroatoms. The van der Waals surface area contributed by atoms with E-state index in [2.05, 4.69) is 25.3 Å². The minimum Gasteiger partial charge on any atom is -0.481 e. The monoisotopic (exact) mass is 358 g/mol. The highest BCUT2D eigenvalue weighted by molar-refractivity contribution is 5.92. The summed E-state index contributed by atoms with van der Waals surface area (Å²) in [5.41, 5.74) is 1.50. The zero-order valence-electron chi connectivity index (χ0n) is 15.6. The molecule has 0 atom stereocenters. The van der Waals surface area contributed by atoms with E-state index in [0.29, 0.717) is 36.5 Å². The van der Waals surface area contributed by atoms with Crippen LogP contribution in [-0.4, -0.2) is 52.4 Å². The number of aromatic nitrogens is 4. The summed E-state index contributed by atoms with van der Waals surface area (Å²) in [6.45, 7) is 7.01. The summed E-state index contributed by atoms with van der Waals surface area (Å²) in [4.78, 5) is 23.3. The number of anilines is 1. The van der Waals surface area contributed by atoms with Crippen LogP contribution in [0.15, 0.2) is 18.3 Å². The van der Waals surface area contributed by atoms with Crippen molar-refractivity contribution in [3.05, 3.63) is 29.7 Å². The highest BCUT2D eigenvalue weighted by atomic mass is 16.5. The van der Waals surface area contributed by atoms with Gasteiger partial charge in [0.15, 0.2) is 0 Å². The third-order valence-corrected chi connectivity index (χ3v) is 4.71. The molecular formula is C18H26N6O2. The predicted molar refractivity (Wildman–Crippen MR) is 98.5 cm³/mol. The molecule has 8 nitrogen and oxygen atoms in total. The summed E-state index contributed by atoms with van der Waals surface area (Å²) in [5, 5.41) is 7.39. The summed E-state index contributed by atoms with van der Waals surface area (Å²) >= 11 is 0. The maximum atomic E-state index is 12.4. The predicted octanol–water partition coefficient (Wildman–Crippen LogP) is 1.66. The van der Waals surface area contributed by atoms with E-state index in [-0.39, 0.29) is 5.91 Å². The van der Waals surface area contributed by atoms with E-state index in [4.69, 9.17) is 4.74 Å². The quantitative estimate of drug-likeness (QED) is 0.845. The van der Waals surface area contributed by atoms with Gasteiger partial charge in [-0.1, -0.05) is 0 Å². The van der Waals surface area contributed by atoms with Crippen LogP contribution in [0.1, 0.15) is 35.9 Å². The van der Waals surface area contributed by atoms with Crippen LogP contribution in [0, 0.1) is 12.8 Å². The Bertz CT molecular complexity index is 752. The molecule has 0 radical (unpaired) electrons. The first-order chi connectivity index (χ1) is 12.6. The maximum Gasteiger partial charge on any atom is 0.269 e. The van der Waals surface area contributed by atoms with Crippen molar-refractivity contribution >= 4 is 11.9 Å². The Balaban J connectivity index is 1.50. The van der Waals surface area contributed by atoms with Gasteiger partial charge in [-0.05, 0) is 38.7 Å². The molecule has 1 fully saturated rings. The van der Waals surface area contributed by atoms with Gasteiger partial charge in [0, 0.05) is 38.4 Å². The largest absolute Gasteiger partial charge is 0.481 e. The Labute approximate surface area is 153 Å². The zero-order chi connectivity index (χ0) is 18.5. The molecule has 0 aliphatic carbocycles. The molecule has 1 N–H and O–H groups in total. The van der Waals surface area contributed by atoms with Gasteiger partial charge >= 0.3 is 0 Å². The van der Waals surface area contributed by atoms with Gasteiger partial charge in [0.1, 0.15) is 5.69 Å². The lowest BCUT2D eigenvalue weighted by Gasteiger charge is -2.32. The topological polar surface area (TPSA) is 85.2 Å². The number of nitrogens with one attached hydrogen (secondary N) is 1. The number of carbonyl (C=O) groups is 1. The van der Waals surface area contributed by atoms with E-state index >= 15 is 0 Å². The number of carbonyl (C=O) groups excluding carboxylic acids is 1. The number of amides is 1. The van der Waals surface area contributed by atoms with Crippen molar-refractivity contribution in [3.63, 3.8) is 0 Å². The van der Waals surface area contributed by atoms with Gasteiger partial charge in [0.05, 0.1) is 12.8 Å². The fourth-order valence-electron chi connectivity index (χ4n) is 3.23. The first-order valence-corrected chi connectivity index (χ1v) is 9.05. The summed E-state index contributed by atoms with van der Waals surface area (Å²) in [6, 6.07) is 3.58. The molecule has 26 heavy (non-hydrogen) atoms. The second-order valence-electron chi connectivity index (χ2n) is 6.53. The lowest BCUT2D eigenvalue weighted by molar-refractivity contribution is 0.0934. The standard InChI is InChI=1S/C18H26N6O2/c1-4-24-15(11-13(2)22-24)17(25)20-12-14-6-9-23(10-7-14)18-19-8-5-16(21-18)26-3/h5,8,11,14H,4,6-7,9-10,12H2,1-3H3,(H,20,25). The normalized spacial score (nSPS) is 15.1. The molecular weight excluding hydrogens is 332 g/mol. The van der Waals surface area contributed by atoms with Crippen LogP contribution in [0.3, 0.4) is 0 Å². The van der Waals surface area contributed by atoms with Gasteiger partial charge in [-0.25, -0.2) is 4.98 Å². The Hall–Kier alpha value is -2.64. The van der Waals surface area contributed by atoms with Crippen molar-refractivity contribution in [2.45, 2.75) is 33.2 Å². The molecule has 0 spiro atoms. The van der Waals surface area contributed by atoms with Gasteiger partial charge in [-0.2, -0.15) is 10.1 Å². The Morgan fingerprint density at radius 1 is 1.38 bits per heavy atom. The van der Waals surface area contributed by atoms with Gasteiger partial charge in [-0.3, -0.25) is 9.48 Å². The van der Waals surface area contributed by atoms with Crippen molar-refractivity contribution in [3.8, 4) is 5.88 Å². The molecule has 1 saturated heterocycles. The number of nitrogens with zero attached hydrogens (tertiary/aromatic N) is 5. The van der Waals surface area contributed by atoms with E-state index < -0.39 is 0 Å². The fraction of sp³-hybridized carbons (Fsp3) is 0.556. The van der Waals surface area contributed by atoms with Gasteiger partial charge < -0.3 is 15.0 Å². The van der Waals surface area contributed by atoms with E-state index in [1.54, 1.807) is 24.1 Å². The van der Waals surface area contributed by atoms with Crippen molar-refractivity contribution in [2.75, 3.05) is 31.6 Å². The zero-order valence-corrected chi connectivity index (χ0v) is 15.6. The van der Waals surface area contributed by atoms with Crippen LogP contribution in [-0.2, 0) is 6.54 Å². The number of piperidine rings is 1. The molecule has 2 aromatic heterocycles. The Kier molecular flexibility index (Phi) is 5.70. The third-order valence-electron chi connectivity index (χ3n) is 4.71. The van der Waals surface area contributed by atoms with Crippen LogP contribution in [0.5, 0.6) is 5.88 Å². The summed E-state index contributed by atoms with van der Waals surface area (Å²) in [5.74, 6) is 1.69. The molecule has 0 unspecified atom stereocenters. The Morgan fingerprint density at radius 3 is 2.85 bits per heavy atom. The van der Waals surface area contributed by atoms with Crippen LogP contribution in [0.4, 0.5) is 5.95 Å². The molecule has 0 saturated carbocycles. The smallest absolute Gasteiger partial charge is 0.269 e. The van der Waals surface area contributed by atoms with Crippen LogP contribution < -0.4 is 15.0 Å². The van der Waals surface area contributed by atoms with Crippen molar-refractivity contribution < 1.29 is 9.53 Å². The molecule has 140 valence electrons. The molecule has 3 heterocycles. The van der Waals surface area contributed by atoms with E-state index in [0.717, 1.165) is 31.6 Å². The second-order valence-corrected chi connectivity index (χ2v) is 6.53. The minimum atomic E-state index is -0.0500. The van der Waals surface area contributed by atoms with Crippen LogP contribution in [0.25, 0.3) is 0 Å². The summed E-state index contributed by atoms with van der Waals surface area (Å²) in [6.07, 6.45) is 3.70. The van der Waals surface area contributed by atoms with E-state index in [9.17, 15) is 4.79 Å². The SMILES string of the molecule is CCn1nc(C)cc1C(=O)NCC1CCN(c2nccc(OC)n2)CC1. The fourth-order valence-corrected chi connectivity index (χ4v) is 3.23. The van der Waals surface area contributed by atoms with Gasteiger partial charge in [-0.15, -0.1) is 0 Å². The molecule has 1 aliphatic rings. The molecule has 2 aromatic rings. The number of aryl methyl sites for hydroxylation is 2. The highest BCUT2D eigenvalue weighted by Crippen LogP contribution is 2.21. The van der Waals surface area contributed by atoms with Crippen LogP contribution >= 0.6 is 0 Å². The number of ether oxygens (including phenoxy) is 1. The molecule has 0 bridgehead atoms. The van der Waals surface area contributed by atoms with Crippen LogP contribution in [0.2, 0.25) is 0 Å². The number of hydrogen-bond donors (Lipinski definition) is 1. The van der Waals surface area contributed by atoms with Crippen molar-refractivity contribution in [1.82, 2.24) is 25.1 Å². The van der Waals surface area contributed by atoms with E-state index in [1.165, 1.54) is 0 Å². The first kappa shape index (κ1) is 18.2. The van der Waals surface area contributed by atoms with Gasteiger partial charge in [0.25, 0.3) is 5.91 Å². The second kappa shape index (κ2) is 8.16. The minimum absolute atomic E-state index is 0.0500. The highest BCUT2D eigenvalue weighted by Gasteiger charge is 2.22. The number of methoxy groups -OCH3 is 1. The summed E-state index contributed by atoms with van der Waals surface area (Å²) in [7, 11) is 1.60. The average Bonchev–Trinajstić information content (AvgIpc) is 3.07. The molecule has 3 rings (SSSR count). The average molecular weight is 358 g/mol. The van der Waals surface area contributed by atoms with E-state index in [1.807, 2.05) is 19.9 Å². The Morgan fingerprint density at radius 2 is 2.15 bits per heavy atom. The van der Waals surface area contributed by atoms with Crippen molar-refractivity contribution in [2.24, 2.45) is 5.92 Å². The maximum absolute atomic E-state index is 12.4. The molecule has 0 aromatic carbocycles. The molecule has 1 amide bonds. The van der Waals surface area contributed by atoms with Crippen molar-refractivity contribution in [1.29, 1.82) is 0 Å². The third kappa shape index (κ3) is 4.12.